The van der Waals surface area contributed by atoms with Crippen LogP contribution in [0.2, 0.25) is 0 Å². The van der Waals surface area contributed by atoms with Crippen LogP contribution in [0.4, 0.5) is 0 Å². The topological polar surface area (TPSA) is 76.1 Å². The summed E-state index contributed by atoms with van der Waals surface area (Å²) in [5, 5.41) is 8.72. The Labute approximate surface area is 126 Å². The van der Waals surface area contributed by atoms with Gasteiger partial charge < -0.3 is 14.6 Å². The van der Waals surface area contributed by atoms with Crippen molar-refractivity contribution in [3.05, 3.63) is 18.2 Å². The van der Waals surface area contributed by atoms with Crippen LogP contribution >= 0.6 is 0 Å². The van der Waals surface area contributed by atoms with Gasteiger partial charge in [0.25, 0.3) is 0 Å². The summed E-state index contributed by atoms with van der Waals surface area (Å²) in [6, 6.07) is 4.53. The zero-order valence-corrected chi connectivity index (χ0v) is 13.5. The number of aliphatic hydroxyl groups excluding tert-OH is 1. The molecule has 0 atom stereocenters. The minimum absolute atomic E-state index is 0.131. The highest BCUT2D eigenvalue weighted by Crippen LogP contribution is 2.30. The van der Waals surface area contributed by atoms with Gasteiger partial charge >= 0.3 is 0 Å². The van der Waals surface area contributed by atoms with E-state index in [1.807, 2.05) is 0 Å². The van der Waals surface area contributed by atoms with E-state index in [0.717, 1.165) is 6.42 Å². The van der Waals surface area contributed by atoms with Gasteiger partial charge in [-0.15, -0.1) is 0 Å². The van der Waals surface area contributed by atoms with E-state index in [1.54, 1.807) is 13.1 Å². The van der Waals surface area contributed by atoms with Gasteiger partial charge in [-0.2, -0.15) is 0 Å². The Hall–Kier alpha value is -1.31. The number of rotatable bonds is 9. The van der Waals surface area contributed by atoms with E-state index < -0.39 is 10.0 Å². The van der Waals surface area contributed by atoms with Crippen molar-refractivity contribution in [1.82, 2.24) is 4.31 Å². The Morgan fingerprint density at radius 3 is 2.33 bits per heavy atom. The first-order valence-corrected chi connectivity index (χ1v) is 8.20. The Morgan fingerprint density at radius 1 is 1.10 bits per heavy atom. The third-order valence-electron chi connectivity index (χ3n) is 3.19. The fourth-order valence-corrected chi connectivity index (χ4v) is 3.13. The molecule has 0 bridgehead atoms. The lowest BCUT2D eigenvalue weighted by molar-refractivity contribution is 0.281. The number of unbranched alkanes of at least 4 members (excludes halogenated alkanes) is 2. The van der Waals surface area contributed by atoms with E-state index in [2.05, 4.69) is 0 Å². The van der Waals surface area contributed by atoms with Crippen molar-refractivity contribution in [3.8, 4) is 11.5 Å². The molecular formula is C14H23NO5S. The third kappa shape index (κ3) is 4.59. The largest absolute Gasteiger partial charge is 0.493 e. The lowest BCUT2D eigenvalue weighted by Gasteiger charge is -2.18. The summed E-state index contributed by atoms with van der Waals surface area (Å²) in [5.74, 6) is 0.870. The van der Waals surface area contributed by atoms with Gasteiger partial charge in [0.05, 0.1) is 19.1 Å². The van der Waals surface area contributed by atoms with Crippen LogP contribution in [0, 0.1) is 0 Å². The molecule has 0 heterocycles. The number of hydrogen-bond donors (Lipinski definition) is 1. The maximum absolute atomic E-state index is 12.4. The van der Waals surface area contributed by atoms with Gasteiger partial charge in [-0.25, -0.2) is 12.7 Å². The number of methoxy groups -OCH3 is 2. The van der Waals surface area contributed by atoms with Crippen molar-refractivity contribution in [2.45, 2.75) is 24.2 Å². The molecule has 0 aromatic heterocycles. The van der Waals surface area contributed by atoms with Crippen LogP contribution in [-0.2, 0) is 10.0 Å². The fraction of sp³-hybridized carbons (Fsp3) is 0.571. The Morgan fingerprint density at radius 2 is 1.76 bits per heavy atom. The van der Waals surface area contributed by atoms with E-state index in [9.17, 15) is 8.42 Å². The average molecular weight is 317 g/mol. The molecule has 0 fully saturated rings. The monoisotopic (exact) mass is 317 g/mol. The first-order valence-electron chi connectivity index (χ1n) is 6.76. The first kappa shape index (κ1) is 17.7. The molecule has 120 valence electrons. The van der Waals surface area contributed by atoms with Gasteiger partial charge in [-0.1, -0.05) is 0 Å². The van der Waals surface area contributed by atoms with Crippen LogP contribution in [0.25, 0.3) is 0 Å². The lowest BCUT2D eigenvalue weighted by atomic mass is 10.2. The third-order valence-corrected chi connectivity index (χ3v) is 5.05. The van der Waals surface area contributed by atoms with Gasteiger partial charge in [0.1, 0.15) is 0 Å². The maximum Gasteiger partial charge on any atom is 0.242 e. The highest BCUT2D eigenvalue weighted by atomic mass is 32.2. The minimum atomic E-state index is -3.55. The number of nitrogens with zero attached hydrogens (tertiary/aromatic N) is 1. The van der Waals surface area contributed by atoms with Crippen molar-refractivity contribution >= 4 is 10.0 Å². The van der Waals surface area contributed by atoms with Crippen molar-refractivity contribution in [2.24, 2.45) is 0 Å². The predicted molar refractivity (Wildman–Crippen MR) is 80.3 cm³/mol. The van der Waals surface area contributed by atoms with Gasteiger partial charge in [0.15, 0.2) is 11.5 Å². The summed E-state index contributed by atoms with van der Waals surface area (Å²) in [6.07, 6.45) is 2.19. The Balaban J connectivity index is 2.86. The molecule has 0 radical (unpaired) electrons. The van der Waals surface area contributed by atoms with E-state index in [0.29, 0.717) is 30.9 Å². The second-order valence-electron chi connectivity index (χ2n) is 4.63. The Bertz CT molecular complexity index is 544. The molecule has 0 amide bonds. The van der Waals surface area contributed by atoms with E-state index in [4.69, 9.17) is 14.6 Å². The SMILES string of the molecule is COc1ccc(S(=O)(=O)N(C)CCCCCO)cc1OC. The summed E-state index contributed by atoms with van der Waals surface area (Å²) in [4.78, 5) is 0.171. The van der Waals surface area contributed by atoms with Crippen molar-refractivity contribution in [3.63, 3.8) is 0 Å². The van der Waals surface area contributed by atoms with Crippen LogP contribution in [0.3, 0.4) is 0 Å². The summed E-state index contributed by atoms with van der Waals surface area (Å²) >= 11 is 0. The standard InChI is InChI=1S/C14H23NO5S/c1-15(9-5-4-6-10-16)21(17,18)12-7-8-13(19-2)14(11-12)20-3/h7-8,11,16H,4-6,9-10H2,1-3H3. The van der Waals surface area contributed by atoms with Crippen LogP contribution in [0.15, 0.2) is 23.1 Å². The van der Waals surface area contributed by atoms with Gasteiger partial charge in [0, 0.05) is 26.3 Å². The second-order valence-corrected chi connectivity index (χ2v) is 6.67. The molecule has 1 N–H and O–H groups in total. The van der Waals surface area contributed by atoms with Gasteiger partial charge in [0.2, 0.25) is 10.0 Å². The van der Waals surface area contributed by atoms with Crippen LogP contribution in [-0.4, -0.2) is 52.2 Å². The van der Waals surface area contributed by atoms with E-state index in [-0.39, 0.29) is 11.5 Å². The van der Waals surface area contributed by atoms with Gasteiger partial charge in [-0.3, -0.25) is 0 Å². The quantitative estimate of drug-likeness (QED) is 0.698. The fourth-order valence-electron chi connectivity index (χ4n) is 1.90. The zero-order valence-electron chi connectivity index (χ0n) is 12.7. The second kappa shape index (κ2) is 8.21. The van der Waals surface area contributed by atoms with Crippen LogP contribution < -0.4 is 9.47 Å². The molecule has 0 aliphatic carbocycles. The molecule has 6 nitrogen and oxygen atoms in total. The zero-order chi connectivity index (χ0) is 15.9. The minimum Gasteiger partial charge on any atom is -0.493 e. The van der Waals surface area contributed by atoms with E-state index >= 15 is 0 Å². The average Bonchev–Trinajstić information content (AvgIpc) is 2.50. The molecule has 0 saturated heterocycles. The van der Waals surface area contributed by atoms with Gasteiger partial charge in [-0.05, 0) is 31.4 Å². The summed E-state index contributed by atoms with van der Waals surface area (Å²) in [6.45, 7) is 0.544. The van der Waals surface area contributed by atoms with Crippen molar-refractivity contribution < 1.29 is 23.0 Å². The predicted octanol–water partition coefficient (Wildman–Crippen LogP) is 1.49. The number of aliphatic hydroxyl groups is 1. The first-order chi connectivity index (χ1) is 9.97. The highest BCUT2D eigenvalue weighted by molar-refractivity contribution is 7.89. The molecular weight excluding hydrogens is 294 g/mol. The molecule has 0 spiro atoms. The maximum atomic E-state index is 12.4. The molecule has 1 rings (SSSR count). The molecule has 0 unspecified atom stereocenters. The molecule has 0 aliphatic heterocycles. The molecule has 7 heteroatoms. The van der Waals surface area contributed by atoms with Crippen molar-refractivity contribution in [1.29, 1.82) is 0 Å². The summed E-state index contributed by atoms with van der Waals surface area (Å²) < 4.78 is 36.4. The molecule has 1 aromatic rings. The summed E-state index contributed by atoms with van der Waals surface area (Å²) in [5.41, 5.74) is 0. The molecule has 0 aliphatic rings. The molecule has 0 saturated carbocycles. The normalized spacial score (nSPS) is 11.7. The van der Waals surface area contributed by atoms with E-state index in [1.165, 1.54) is 30.7 Å². The lowest BCUT2D eigenvalue weighted by Crippen LogP contribution is -2.28. The highest BCUT2D eigenvalue weighted by Gasteiger charge is 2.22. The number of hydrogen-bond acceptors (Lipinski definition) is 5. The van der Waals surface area contributed by atoms with Crippen LogP contribution in [0.1, 0.15) is 19.3 Å². The number of sulfonamides is 1. The summed E-state index contributed by atoms with van der Waals surface area (Å²) in [7, 11) is 0.963. The molecule has 21 heavy (non-hydrogen) atoms. The van der Waals surface area contributed by atoms with Crippen LogP contribution in [0.5, 0.6) is 11.5 Å². The smallest absolute Gasteiger partial charge is 0.242 e. The Kier molecular flexibility index (Phi) is 6.94. The number of ether oxygens (including phenoxy) is 2. The number of benzene rings is 1. The molecule has 1 aromatic carbocycles. The van der Waals surface area contributed by atoms with Crippen molar-refractivity contribution in [2.75, 3.05) is 34.4 Å².